The monoisotopic (exact) mass is 234 g/mol. The maximum atomic E-state index is 10.2. The summed E-state index contributed by atoms with van der Waals surface area (Å²) >= 11 is 1.45. The molecule has 0 atom stereocenters. The summed E-state index contributed by atoms with van der Waals surface area (Å²) in [4.78, 5) is 0. The van der Waals surface area contributed by atoms with Crippen molar-refractivity contribution in [3.05, 3.63) is 0 Å². The molecule has 0 aliphatic carbocycles. The number of rotatable bonds is 2. The van der Waals surface area contributed by atoms with Crippen molar-refractivity contribution in [3.8, 4) is 0 Å². The molecule has 0 rings (SSSR count). The first-order valence-corrected chi connectivity index (χ1v) is 6.18. The SMILES string of the molecule is CCCS(=O)(=O)I. The minimum Gasteiger partial charge on any atom is -0.218 e. The van der Waals surface area contributed by atoms with Crippen LogP contribution in [-0.2, 0) is 7.01 Å². The van der Waals surface area contributed by atoms with Crippen molar-refractivity contribution in [2.24, 2.45) is 0 Å². The van der Waals surface area contributed by atoms with Gasteiger partial charge in [-0.25, -0.2) is 8.42 Å². The van der Waals surface area contributed by atoms with E-state index in [1.807, 2.05) is 6.92 Å². The molecule has 0 N–H and O–H groups in total. The van der Waals surface area contributed by atoms with E-state index < -0.39 is 7.01 Å². The fourth-order valence-corrected chi connectivity index (χ4v) is 2.05. The van der Waals surface area contributed by atoms with Gasteiger partial charge in [0.15, 0.2) is 0 Å². The molecule has 0 aromatic heterocycles. The van der Waals surface area contributed by atoms with Gasteiger partial charge in [-0.05, 0) is 6.42 Å². The van der Waals surface area contributed by atoms with E-state index in [1.54, 1.807) is 0 Å². The van der Waals surface area contributed by atoms with Crippen LogP contribution in [0.4, 0.5) is 0 Å². The largest absolute Gasteiger partial charge is 0.218 e. The molecule has 0 aliphatic heterocycles. The summed E-state index contributed by atoms with van der Waals surface area (Å²) < 4.78 is 20.4. The highest BCUT2D eigenvalue weighted by Gasteiger charge is 1.98. The van der Waals surface area contributed by atoms with Crippen LogP contribution in [0.1, 0.15) is 13.3 Å². The zero-order valence-corrected chi connectivity index (χ0v) is 6.99. The normalized spacial score (nSPS) is 11.7. The minimum atomic E-state index is -2.70. The molecule has 44 valence electrons. The van der Waals surface area contributed by atoms with E-state index in [0.717, 1.165) is 0 Å². The molecule has 0 aliphatic rings. The van der Waals surface area contributed by atoms with E-state index in [1.165, 1.54) is 21.2 Å². The summed E-state index contributed by atoms with van der Waals surface area (Å²) in [5.74, 6) is 0.299. The van der Waals surface area contributed by atoms with Gasteiger partial charge in [-0.15, -0.1) is 0 Å². The summed E-state index contributed by atoms with van der Waals surface area (Å²) in [6.07, 6.45) is 0.714. The molecule has 0 aromatic rings. The summed E-state index contributed by atoms with van der Waals surface area (Å²) in [5.41, 5.74) is 0. The van der Waals surface area contributed by atoms with Crippen molar-refractivity contribution in [2.45, 2.75) is 13.3 Å². The van der Waals surface area contributed by atoms with Crippen molar-refractivity contribution in [1.82, 2.24) is 0 Å². The highest BCUT2D eigenvalue weighted by atomic mass is 127. The molecule has 2 nitrogen and oxygen atoms in total. The average molecular weight is 234 g/mol. The van der Waals surface area contributed by atoms with Gasteiger partial charge in [0.25, 0.3) is 0 Å². The van der Waals surface area contributed by atoms with Gasteiger partial charge in [0.1, 0.15) is 0 Å². The van der Waals surface area contributed by atoms with Gasteiger partial charge in [-0.1, -0.05) is 6.92 Å². The Labute approximate surface area is 55.8 Å². The van der Waals surface area contributed by atoms with Crippen LogP contribution in [0.25, 0.3) is 0 Å². The van der Waals surface area contributed by atoms with Crippen molar-refractivity contribution in [2.75, 3.05) is 5.75 Å². The Balaban J connectivity index is 3.60. The molecular weight excluding hydrogens is 227 g/mol. The van der Waals surface area contributed by atoms with Gasteiger partial charge in [-0.2, -0.15) is 0 Å². The van der Waals surface area contributed by atoms with Crippen molar-refractivity contribution in [3.63, 3.8) is 0 Å². The van der Waals surface area contributed by atoms with Gasteiger partial charge >= 0.3 is 0 Å². The molecule has 0 saturated carbocycles. The van der Waals surface area contributed by atoms with Crippen LogP contribution >= 0.6 is 21.2 Å². The topological polar surface area (TPSA) is 34.1 Å². The zero-order valence-electron chi connectivity index (χ0n) is 4.02. The molecule has 7 heavy (non-hydrogen) atoms. The number of hydrogen-bond acceptors (Lipinski definition) is 2. The number of halogens is 1. The summed E-state index contributed by atoms with van der Waals surface area (Å²) in [6, 6.07) is 0. The van der Waals surface area contributed by atoms with E-state index in [4.69, 9.17) is 0 Å². The van der Waals surface area contributed by atoms with Crippen LogP contribution in [0.5, 0.6) is 0 Å². The van der Waals surface area contributed by atoms with Crippen LogP contribution in [0, 0.1) is 0 Å². The molecule has 0 saturated heterocycles. The van der Waals surface area contributed by atoms with E-state index in [-0.39, 0.29) is 0 Å². The predicted octanol–water partition coefficient (Wildman–Crippen LogP) is 1.16. The van der Waals surface area contributed by atoms with Crippen LogP contribution in [0.3, 0.4) is 0 Å². The first-order valence-electron chi connectivity index (χ1n) is 1.98. The predicted molar refractivity (Wildman–Crippen MR) is 38.1 cm³/mol. The fourth-order valence-electron chi connectivity index (χ4n) is 0.244. The standard InChI is InChI=1S/C3H7IO2S/c1-2-3-7(4,5)6/h2-3H2,1H3. The molecular formula is C3H7IO2S. The maximum absolute atomic E-state index is 10.2. The lowest BCUT2D eigenvalue weighted by atomic mass is 10.6. The Morgan fingerprint density at radius 1 is 1.57 bits per heavy atom. The van der Waals surface area contributed by atoms with Crippen molar-refractivity contribution < 1.29 is 8.42 Å². The summed E-state index contributed by atoms with van der Waals surface area (Å²) in [5, 5.41) is 0. The van der Waals surface area contributed by atoms with E-state index in [0.29, 0.717) is 12.2 Å². The second-order valence-corrected chi connectivity index (χ2v) is 6.75. The van der Waals surface area contributed by atoms with Crippen LogP contribution in [0.15, 0.2) is 0 Å². The molecule has 0 amide bonds. The molecule has 0 bridgehead atoms. The fraction of sp³-hybridized carbons (Fsp3) is 1.00. The van der Waals surface area contributed by atoms with E-state index in [2.05, 4.69) is 0 Å². The molecule has 0 radical (unpaired) electrons. The second kappa shape index (κ2) is 2.86. The average Bonchev–Trinajstić information content (AvgIpc) is 1.30. The third-order valence-electron chi connectivity index (χ3n) is 0.448. The van der Waals surface area contributed by atoms with Gasteiger partial charge in [0.05, 0.1) is 27.0 Å². The zero-order chi connectivity index (χ0) is 5.91. The van der Waals surface area contributed by atoms with Crippen molar-refractivity contribution >= 4 is 28.2 Å². The molecule has 0 heterocycles. The highest BCUT2D eigenvalue weighted by Crippen LogP contribution is 2.01. The number of hydrogen-bond donors (Lipinski definition) is 0. The Bertz CT molecular complexity index is 126. The lowest BCUT2D eigenvalue weighted by Crippen LogP contribution is -1.92. The van der Waals surface area contributed by atoms with Crippen molar-refractivity contribution in [1.29, 1.82) is 0 Å². The minimum absolute atomic E-state index is 0.299. The summed E-state index contributed by atoms with van der Waals surface area (Å²) in [7, 11) is -2.70. The molecule has 0 aromatic carbocycles. The second-order valence-electron chi connectivity index (χ2n) is 1.24. The van der Waals surface area contributed by atoms with Gasteiger partial charge in [0.2, 0.25) is 7.01 Å². The van der Waals surface area contributed by atoms with Gasteiger partial charge in [-0.3, -0.25) is 0 Å². The Hall–Kier alpha value is 0.680. The third-order valence-corrected chi connectivity index (χ3v) is 2.67. The highest BCUT2D eigenvalue weighted by molar-refractivity contribution is 14.2. The first kappa shape index (κ1) is 7.68. The Morgan fingerprint density at radius 3 is 2.00 bits per heavy atom. The third kappa shape index (κ3) is 6.68. The van der Waals surface area contributed by atoms with Crippen LogP contribution in [0.2, 0.25) is 0 Å². The van der Waals surface area contributed by atoms with E-state index >= 15 is 0 Å². The quantitative estimate of drug-likeness (QED) is 0.530. The lowest BCUT2D eigenvalue weighted by Gasteiger charge is -1.84. The lowest BCUT2D eigenvalue weighted by molar-refractivity contribution is 0.611. The van der Waals surface area contributed by atoms with Gasteiger partial charge in [0, 0.05) is 0 Å². The van der Waals surface area contributed by atoms with Crippen LogP contribution in [-0.4, -0.2) is 14.2 Å². The maximum Gasteiger partial charge on any atom is 0.203 e. The summed E-state index contributed by atoms with van der Waals surface area (Å²) in [6.45, 7) is 1.84. The molecule has 0 fully saturated rings. The van der Waals surface area contributed by atoms with Crippen LogP contribution < -0.4 is 0 Å². The Kier molecular flexibility index (Phi) is 3.14. The smallest absolute Gasteiger partial charge is 0.203 e. The molecule has 0 unspecified atom stereocenters. The van der Waals surface area contributed by atoms with Gasteiger partial charge < -0.3 is 0 Å². The van der Waals surface area contributed by atoms with E-state index in [9.17, 15) is 8.42 Å². The molecule has 0 spiro atoms. The Morgan fingerprint density at radius 2 is 2.00 bits per heavy atom. The first-order chi connectivity index (χ1) is 3.06. The molecule has 4 heteroatoms.